The van der Waals surface area contributed by atoms with Gasteiger partial charge in [-0.2, -0.15) is 0 Å². The fourth-order valence-electron chi connectivity index (χ4n) is 0.961. The SMILES string of the molecule is COc1nc(CBr)c(C(F)F)cc1F. The van der Waals surface area contributed by atoms with E-state index in [1.165, 1.54) is 7.11 Å². The summed E-state index contributed by atoms with van der Waals surface area (Å²) in [6, 6.07) is 0.743. The van der Waals surface area contributed by atoms with Crippen molar-refractivity contribution in [1.29, 1.82) is 0 Å². The van der Waals surface area contributed by atoms with Crippen LogP contribution in [-0.4, -0.2) is 12.1 Å². The van der Waals surface area contributed by atoms with Crippen molar-refractivity contribution in [2.24, 2.45) is 0 Å². The second-order valence-corrected chi connectivity index (χ2v) is 3.01. The molecule has 14 heavy (non-hydrogen) atoms. The average molecular weight is 270 g/mol. The third-order valence-electron chi connectivity index (χ3n) is 1.61. The number of hydrogen-bond donors (Lipinski definition) is 0. The predicted molar refractivity (Wildman–Crippen MR) is 48.3 cm³/mol. The summed E-state index contributed by atoms with van der Waals surface area (Å²) in [5.41, 5.74) is -0.335. The van der Waals surface area contributed by atoms with E-state index >= 15 is 0 Å². The number of pyridine rings is 1. The summed E-state index contributed by atoms with van der Waals surface area (Å²) in [5.74, 6) is -1.16. The Hall–Kier alpha value is -0.780. The molecule has 0 aliphatic carbocycles. The maximum Gasteiger partial charge on any atom is 0.265 e. The maximum atomic E-state index is 13.0. The molecule has 1 heterocycles. The summed E-state index contributed by atoms with van der Waals surface area (Å²) in [6.45, 7) is 0. The molecule has 0 saturated carbocycles. The molecule has 78 valence electrons. The molecule has 0 fully saturated rings. The van der Waals surface area contributed by atoms with Gasteiger partial charge in [0.15, 0.2) is 5.82 Å². The Kier molecular flexibility index (Phi) is 3.74. The first-order valence-electron chi connectivity index (χ1n) is 3.67. The van der Waals surface area contributed by atoms with Crippen molar-refractivity contribution in [3.05, 3.63) is 23.1 Å². The summed E-state index contributed by atoms with van der Waals surface area (Å²) >= 11 is 2.99. The van der Waals surface area contributed by atoms with Gasteiger partial charge in [0, 0.05) is 10.9 Å². The van der Waals surface area contributed by atoms with Crippen molar-refractivity contribution < 1.29 is 17.9 Å². The minimum Gasteiger partial charge on any atom is -0.479 e. The van der Waals surface area contributed by atoms with Crippen LogP contribution in [0.3, 0.4) is 0 Å². The van der Waals surface area contributed by atoms with Crippen LogP contribution in [0.15, 0.2) is 6.07 Å². The van der Waals surface area contributed by atoms with Gasteiger partial charge < -0.3 is 4.74 Å². The lowest BCUT2D eigenvalue weighted by Gasteiger charge is -2.08. The standard InChI is InChI=1S/C8H7BrF3NO/c1-14-8-5(10)2-4(7(11)12)6(3-9)13-8/h2,7H,3H2,1H3. The highest BCUT2D eigenvalue weighted by Gasteiger charge is 2.18. The quantitative estimate of drug-likeness (QED) is 0.787. The van der Waals surface area contributed by atoms with Gasteiger partial charge in [0.2, 0.25) is 5.88 Å². The minimum absolute atomic E-state index is 0.0817. The van der Waals surface area contributed by atoms with Gasteiger partial charge in [0.1, 0.15) is 0 Å². The second kappa shape index (κ2) is 4.63. The van der Waals surface area contributed by atoms with Crippen LogP contribution in [0.25, 0.3) is 0 Å². The molecule has 0 aliphatic rings. The summed E-state index contributed by atoms with van der Waals surface area (Å²) in [4.78, 5) is 3.61. The van der Waals surface area contributed by atoms with Gasteiger partial charge in [-0.25, -0.2) is 18.2 Å². The molecule has 1 rings (SSSR count). The zero-order chi connectivity index (χ0) is 10.7. The Bertz CT molecular complexity index is 333. The molecule has 0 aromatic carbocycles. The zero-order valence-corrected chi connectivity index (χ0v) is 8.82. The van der Waals surface area contributed by atoms with E-state index in [4.69, 9.17) is 0 Å². The van der Waals surface area contributed by atoms with E-state index < -0.39 is 17.8 Å². The molecule has 6 heteroatoms. The lowest BCUT2D eigenvalue weighted by Crippen LogP contribution is -2.01. The second-order valence-electron chi connectivity index (χ2n) is 2.45. The molecule has 0 atom stereocenters. The summed E-state index contributed by atoms with van der Waals surface area (Å²) < 4.78 is 42.3. The molecule has 0 radical (unpaired) electrons. The first-order valence-corrected chi connectivity index (χ1v) is 4.79. The zero-order valence-electron chi connectivity index (χ0n) is 7.23. The van der Waals surface area contributed by atoms with Gasteiger partial charge in [-0.1, -0.05) is 15.9 Å². The summed E-state index contributed by atoms with van der Waals surface area (Å²) in [6.07, 6.45) is -2.74. The molecule has 0 unspecified atom stereocenters. The number of nitrogens with zero attached hydrogens (tertiary/aromatic N) is 1. The molecule has 1 aromatic rings. The molecule has 1 aromatic heterocycles. The predicted octanol–water partition coefficient (Wildman–Crippen LogP) is 3.06. The van der Waals surface area contributed by atoms with Gasteiger partial charge in [-0.05, 0) is 6.07 Å². The van der Waals surface area contributed by atoms with Crippen LogP contribution in [0.5, 0.6) is 5.88 Å². The van der Waals surface area contributed by atoms with Crippen molar-refractivity contribution in [2.75, 3.05) is 7.11 Å². The van der Waals surface area contributed by atoms with Crippen LogP contribution < -0.4 is 4.74 Å². The average Bonchev–Trinajstić information content (AvgIpc) is 2.17. The van der Waals surface area contributed by atoms with Gasteiger partial charge in [0.05, 0.1) is 12.8 Å². The van der Waals surface area contributed by atoms with Crippen LogP contribution >= 0.6 is 15.9 Å². The Labute approximate surface area is 87.2 Å². The Morgan fingerprint density at radius 2 is 2.21 bits per heavy atom. The molecule has 0 saturated heterocycles. The fraction of sp³-hybridized carbons (Fsp3) is 0.375. The van der Waals surface area contributed by atoms with E-state index in [9.17, 15) is 13.2 Å². The maximum absolute atomic E-state index is 13.0. The highest BCUT2D eigenvalue weighted by atomic mass is 79.9. The van der Waals surface area contributed by atoms with Gasteiger partial charge >= 0.3 is 0 Å². The first-order chi connectivity index (χ1) is 6.60. The summed E-state index contributed by atoms with van der Waals surface area (Å²) in [5, 5.41) is 0.128. The highest BCUT2D eigenvalue weighted by Crippen LogP contribution is 2.27. The number of halogens is 4. The molecule has 0 aliphatic heterocycles. The lowest BCUT2D eigenvalue weighted by molar-refractivity contribution is 0.149. The normalized spacial score (nSPS) is 10.7. The molecular weight excluding hydrogens is 263 g/mol. The van der Waals surface area contributed by atoms with E-state index in [0.29, 0.717) is 0 Å². The Morgan fingerprint density at radius 3 is 2.64 bits per heavy atom. The molecule has 2 nitrogen and oxygen atoms in total. The van der Waals surface area contributed by atoms with Crippen molar-refractivity contribution in [3.8, 4) is 5.88 Å². The van der Waals surface area contributed by atoms with Crippen LogP contribution in [-0.2, 0) is 5.33 Å². The van der Waals surface area contributed by atoms with Gasteiger partial charge in [-0.3, -0.25) is 0 Å². The highest BCUT2D eigenvalue weighted by molar-refractivity contribution is 9.08. The third-order valence-corrected chi connectivity index (χ3v) is 2.14. The number of rotatable bonds is 3. The minimum atomic E-state index is -2.74. The van der Waals surface area contributed by atoms with E-state index in [1.807, 2.05) is 0 Å². The number of methoxy groups -OCH3 is 1. The van der Waals surface area contributed by atoms with Crippen LogP contribution in [0, 0.1) is 5.82 Å². The largest absolute Gasteiger partial charge is 0.479 e. The first kappa shape index (κ1) is 11.3. The monoisotopic (exact) mass is 269 g/mol. The van der Waals surface area contributed by atoms with Gasteiger partial charge in [-0.15, -0.1) is 0 Å². The fourth-order valence-corrected chi connectivity index (χ4v) is 1.41. The van der Waals surface area contributed by atoms with E-state index in [2.05, 4.69) is 25.7 Å². The van der Waals surface area contributed by atoms with Crippen molar-refractivity contribution in [2.45, 2.75) is 11.8 Å². The van der Waals surface area contributed by atoms with Gasteiger partial charge in [0.25, 0.3) is 6.43 Å². The smallest absolute Gasteiger partial charge is 0.265 e. The van der Waals surface area contributed by atoms with E-state index in [0.717, 1.165) is 6.07 Å². The summed E-state index contributed by atoms with van der Waals surface area (Å²) in [7, 11) is 1.23. The van der Waals surface area contributed by atoms with Crippen molar-refractivity contribution >= 4 is 15.9 Å². The van der Waals surface area contributed by atoms with Crippen LogP contribution in [0.2, 0.25) is 0 Å². The van der Waals surface area contributed by atoms with E-state index in [1.54, 1.807) is 0 Å². The lowest BCUT2D eigenvalue weighted by atomic mass is 10.2. The number of alkyl halides is 3. The molecule has 0 N–H and O–H groups in total. The number of hydrogen-bond acceptors (Lipinski definition) is 2. The molecular formula is C8H7BrF3NO. The molecule has 0 spiro atoms. The molecule has 0 amide bonds. The Balaban J connectivity index is 3.24. The topological polar surface area (TPSA) is 22.1 Å². The third kappa shape index (κ3) is 2.17. The van der Waals surface area contributed by atoms with Crippen molar-refractivity contribution in [1.82, 2.24) is 4.98 Å². The van der Waals surface area contributed by atoms with Crippen LogP contribution in [0.4, 0.5) is 13.2 Å². The van der Waals surface area contributed by atoms with Crippen molar-refractivity contribution in [3.63, 3.8) is 0 Å². The van der Waals surface area contributed by atoms with Crippen LogP contribution in [0.1, 0.15) is 17.7 Å². The molecule has 0 bridgehead atoms. The number of aromatic nitrogens is 1. The Morgan fingerprint density at radius 1 is 1.57 bits per heavy atom. The number of ether oxygens (including phenoxy) is 1. The van der Waals surface area contributed by atoms with E-state index in [-0.39, 0.29) is 16.9 Å².